The van der Waals surface area contributed by atoms with Gasteiger partial charge in [-0.05, 0) is 25.9 Å². The highest BCUT2D eigenvalue weighted by Crippen LogP contribution is 2.16. The fourth-order valence-corrected chi connectivity index (χ4v) is 1.49. The molecule has 1 unspecified atom stereocenters. The largest absolute Gasteiger partial charge is 0.395 e. The van der Waals surface area contributed by atoms with E-state index in [0.29, 0.717) is 0 Å². The molecule has 2 N–H and O–H groups in total. The van der Waals surface area contributed by atoms with Crippen LogP contribution in [-0.4, -0.2) is 49.3 Å². The lowest BCUT2D eigenvalue weighted by atomic mass is 9.92. The van der Waals surface area contributed by atoms with Gasteiger partial charge in [0.2, 0.25) is 0 Å². The maximum Gasteiger partial charge on any atom is 0.0584 e. The van der Waals surface area contributed by atoms with Crippen LogP contribution in [0, 0.1) is 5.41 Å². The molecule has 0 radical (unpaired) electrons. The van der Waals surface area contributed by atoms with Crippen molar-refractivity contribution in [2.75, 3.05) is 33.3 Å². The molecule has 0 aromatic heterocycles. The third kappa shape index (κ3) is 5.58. The van der Waals surface area contributed by atoms with Gasteiger partial charge >= 0.3 is 0 Å². The Labute approximate surface area is 88.5 Å². The van der Waals surface area contributed by atoms with Crippen LogP contribution < -0.4 is 5.32 Å². The molecule has 0 amide bonds. The molecule has 0 heterocycles. The lowest BCUT2D eigenvalue weighted by Gasteiger charge is -2.33. The van der Waals surface area contributed by atoms with Gasteiger partial charge < -0.3 is 15.3 Å². The zero-order chi connectivity index (χ0) is 11.2. The third-order valence-corrected chi connectivity index (χ3v) is 2.55. The Morgan fingerprint density at radius 2 is 2.00 bits per heavy atom. The first-order valence-electron chi connectivity index (χ1n) is 5.44. The molecule has 3 nitrogen and oxygen atoms in total. The van der Waals surface area contributed by atoms with E-state index in [-0.39, 0.29) is 18.1 Å². The molecule has 0 aromatic carbocycles. The molecule has 1 atom stereocenters. The van der Waals surface area contributed by atoms with E-state index in [1.807, 2.05) is 6.92 Å². The van der Waals surface area contributed by atoms with E-state index in [1.54, 1.807) is 0 Å². The van der Waals surface area contributed by atoms with E-state index in [0.717, 1.165) is 19.6 Å². The second kappa shape index (κ2) is 6.38. The van der Waals surface area contributed by atoms with Gasteiger partial charge in [-0.3, -0.25) is 0 Å². The summed E-state index contributed by atoms with van der Waals surface area (Å²) < 4.78 is 0. The number of rotatable bonds is 7. The zero-order valence-corrected chi connectivity index (χ0v) is 10.3. The summed E-state index contributed by atoms with van der Waals surface area (Å²) in [5.41, 5.74) is 0.258. The van der Waals surface area contributed by atoms with Crippen molar-refractivity contribution in [1.82, 2.24) is 10.2 Å². The Morgan fingerprint density at radius 3 is 2.43 bits per heavy atom. The van der Waals surface area contributed by atoms with Gasteiger partial charge in [-0.1, -0.05) is 20.8 Å². The highest BCUT2D eigenvalue weighted by Gasteiger charge is 2.21. The minimum Gasteiger partial charge on any atom is -0.395 e. The minimum absolute atomic E-state index is 0.230. The number of aliphatic hydroxyl groups is 1. The van der Waals surface area contributed by atoms with Crippen LogP contribution in [0.15, 0.2) is 0 Å². The maximum atomic E-state index is 9.02. The average molecular weight is 202 g/mol. The Hall–Kier alpha value is -0.120. The van der Waals surface area contributed by atoms with E-state index < -0.39 is 0 Å². The van der Waals surface area contributed by atoms with Crippen LogP contribution in [0.25, 0.3) is 0 Å². The van der Waals surface area contributed by atoms with Crippen LogP contribution >= 0.6 is 0 Å². The van der Waals surface area contributed by atoms with E-state index in [2.05, 4.69) is 38.0 Å². The van der Waals surface area contributed by atoms with Crippen molar-refractivity contribution in [2.24, 2.45) is 5.41 Å². The molecule has 0 fully saturated rings. The molecule has 0 aliphatic carbocycles. The summed E-state index contributed by atoms with van der Waals surface area (Å²) in [7, 11) is 2.06. The van der Waals surface area contributed by atoms with Crippen LogP contribution in [0.5, 0.6) is 0 Å². The molecule has 0 saturated heterocycles. The van der Waals surface area contributed by atoms with Crippen molar-refractivity contribution >= 4 is 0 Å². The quantitative estimate of drug-likeness (QED) is 0.645. The summed E-state index contributed by atoms with van der Waals surface area (Å²) in [5, 5.41) is 12.4. The van der Waals surface area contributed by atoms with Crippen molar-refractivity contribution in [3.63, 3.8) is 0 Å². The summed E-state index contributed by atoms with van der Waals surface area (Å²) in [6.45, 7) is 11.9. The first kappa shape index (κ1) is 13.9. The minimum atomic E-state index is 0.230. The van der Waals surface area contributed by atoms with Crippen molar-refractivity contribution in [1.29, 1.82) is 0 Å². The smallest absolute Gasteiger partial charge is 0.0584 e. The van der Waals surface area contributed by atoms with Gasteiger partial charge in [-0.15, -0.1) is 0 Å². The SMILES string of the molecule is CCNCC(C)(C)CN(C)C(C)CO. The number of nitrogens with zero attached hydrogens (tertiary/aromatic N) is 1. The second-order valence-electron chi connectivity index (χ2n) is 4.89. The fraction of sp³-hybridized carbons (Fsp3) is 1.00. The van der Waals surface area contributed by atoms with Gasteiger partial charge in [0.1, 0.15) is 0 Å². The highest BCUT2D eigenvalue weighted by molar-refractivity contribution is 4.76. The third-order valence-electron chi connectivity index (χ3n) is 2.55. The van der Waals surface area contributed by atoms with Crippen molar-refractivity contribution < 1.29 is 5.11 Å². The Bertz CT molecular complexity index is 148. The topological polar surface area (TPSA) is 35.5 Å². The maximum absolute atomic E-state index is 9.02. The van der Waals surface area contributed by atoms with Crippen molar-refractivity contribution in [3.05, 3.63) is 0 Å². The summed E-state index contributed by atoms with van der Waals surface area (Å²) in [6, 6.07) is 0.246. The molecule has 0 saturated carbocycles. The number of nitrogens with one attached hydrogen (secondary N) is 1. The molecular formula is C11H26N2O. The number of hydrogen-bond donors (Lipinski definition) is 2. The normalized spacial score (nSPS) is 14.8. The second-order valence-corrected chi connectivity index (χ2v) is 4.89. The lowest BCUT2D eigenvalue weighted by molar-refractivity contribution is 0.117. The van der Waals surface area contributed by atoms with Crippen LogP contribution in [0.3, 0.4) is 0 Å². The van der Waals surface area contributed by atoms with Crippen LogP contribution in [0.1, 0.15) is 27.7 Å². The van der Waals surface area contributed by atoms with Gasteiger partial charge in [0.05, 0.1) is 6.61 Å². The van der Waals surface area contributed by atoms with Crippen LogP contribution in [0.4, 0.5) is 0 Å². The van der Waals surface area contributed by atoms with Gasteiger partial charge in [-0.2, -0.15) is 0 Å². The first-order chi connectivity index (χ1) is 6.43. The molecule has 0 spiro atoms. The first-order valence-corrected chi connectivity index (χ1v) is 5.44. The fourth-order valence-electron chi connectivity index (χ4n) is 1.49. The summed E-state index contributed by atoms with van der Waals surface area (Å²) in [5.74, 6) is 0. The van der Waals surface area contributed by atoms with Gasteiger partial charge in [0, 0.05) is 19.1 Å². The number of hydrogen-bond acceptors (Lipinski definition) is 3. The number of aliphatic hydroxyl groups excluding tert-OH is 1. The van der Waals surface area contributed by atoms with Crippen molar-refractivity contribution in [2.45, 2.75) is 33.7 Å². The predicted octanol–water partition coefficient (Wildman–Crippen LogP) is 0.935. The van der Waals surface area contributed by atoms with Crippen LogP contribution in [0.2, 0.25) is 0 Å². The molecule has 3 heteroatoms. The summed E-state index contributed by atoms with van der Waals surface area (Å²) in [4.78, 5) is 2.21. The standard InChI is InChI=1S/C11H26N2O/c1-6-12-8-11(3,4)9-13(5)10(2)7-14/h10,12,14H,6-9H2,1-5H3. The van der Waals surface area contributed by atoms with E-state index >= 15 is 0 Å². The molecule has 0 rings (SSSR count). The Balaban J connectivity index is 3.93. The Morgan fingerprint density at radius 1 is 1.43 bits per heavy atom. The molecule has 0 bridgehead atoms. The van der Waals surface area contributed by atoms with Crippen molar-refractivity contribution in [3.8, 4) is 0 Å². The summed E-state index contributed by atoms with van der Waals surface area (Å²) in [6.07, 6.45) is 0. The average Bonchev–Trinajstić information content (AvgIpc) is 2.12. The van der Waals surface area contributed by atoms with E-state index in [9.17, 15) is 0 Å². The van der Waals surface area contributed by atoms with Gasteiger partial charge in [0.15, 0.2) is 0 Å². The lowest BCUT2D eigenvalue weighted by Crippen LogP contribution is -2.43. The monoisotopic (exact) mass is 202 g/mol. The highest BCUT2D eigenvalue weighted by atomic mass is 16.3. The van der Waals surface area contributed by atoms with E-state index in [1.165, 1.54) is 0 Å². The molecular weight excluding hydrogens is 176 g/mol. The zero-order valence-electron chi connectivity index (χ0n) is 10.3. The molecule has 86 valence electrons. The molecule has 14 heavy (non-hydrogen) atoms. The molecule has 0 aliphatic rings. The summed E-state index contributed by atoms with van der Waals surface area (Å²) >= 11 is 0. The van der Waals surface area contributed by atoms with Gasteiger partial charge in [-0.25, -0.2) is 0 Å². The molecule has 0 aromatic rings. The Kier molecular flexibility index (Phi) is 6.33. The van der Waals surface area contributed by atoms with Crippen LogP contribution in [-0.2, 0) is 0 Å². The number of likely N-dealkylation sites (N-methyl/N-ethyl adjacent to an activating group) is 1. The molecule has 0 aliphatic heterocycles. The van der Waals surface area contributed by atoms with Gasteiger partial charge in [0.25, 0.3) is 0 Å². The van der Waals surface area contributed by atoms with E-state index in [4.69, 9.17) is 5.11 Å². The predicted molar refractivity (Wildman–Crippen MR) is 61.5 cm³/mol.